The first kappa shape index (κ1) is 23.4. The van der Waals surface area contributed by atoms with Gasteiger partial charge in [-0.05, 0) is 35.9 Å². The SMILES string of the molecule is CCS(=O)(=O)C1=NSC2=NC(=O)/C(=C\c3ccc(OC(=O)c4ccccc4)c(OC)c3)C(=N)N21. The summed E-state index contributed by atoms with van der Waals surface area (Å²) in [6.45, 7) is 1.46. The van der Waals surface area contributed by atoms with Crippen molar-refractivity contribution in [2.24, 2.45) is 9.39 Å². The Morgan fingerprint density at radius 3 is 2.59 bits per heavy atom. The van der Waals surface area contributed by atoms with Gasteiger partial charge in [-0.25, -0.2) is 18.1 Å². The van der Waals surface area contributed by atoms with E-state index in [1.54, 1.807) is 36.4 Å². The molecule has 1 N–H and O–H groups in total. The average molecular weight is 499 g/mol. The number of hydrogen-bond donors (Lipinski definition) is 1. The summed E-state index contributed by atoms with van der Waals surface area (Å²) >= 11 is 0.732. The van der Waals surface area contributed by atoms with Gasteiger partial charge in [-0.2, -0.15) is 9.39 Å². The maximum absolute atomic E-state index is 12.6. The van der Waals surface area contributed by atoms with E-state index < -0.39 is 21.7 Å². The molecule has 0 radical (unpaired) electrons. The van der Waals surface area contributed by atoms with Crippen LogP contribution in [0.25, 0.3) is 6.08 Å². The van der Waals surface area contributed by atoms with Crippen LogP contribution in [0.2, 0.25) is 0 Å². The molecule has 0 aromatic heterocycles. The third kappa shape index (κ3) is 4.37. The first-order chi connectivity index (χ1) is 16.2. The zero-order valence-electron chi connectivity index (χ0n) is 18.0. The molecule has 0 atom stereocenters. The van der Waals surface area contributed by atoms with Gasteiger partial charge < -0.3 is 9.47 Å². The first-order valence-corrected chi connectivity index (χ1v) is 12.3. The van der Waals surface area contributed by atoms with Crippen molar-refractivity contribution in [2.45, 2.75) is 6.92 Å². The molecular weight excluding hydrogens is 480 g/mol. The lowest BCUT2D eigenvalue weighted by atomic mass is 10.1. The summed E-state index contributed by atoms with van der Waals surface area (Å²) < 4.78 is 39.4. The molecule has 2 heterocycles. The Balaban J connectivity index is 1.64. The second kappa shape index (κ2) is 9.23. The zero-order valence-corrected chi connectivity index (χ0v) is 19.6. The molecule has 0 spiro atoms. The van der Waals surface area contributed by atoms with E-state index in [2.05, 4.69) is 9.39 Å². The molecule has 0 saturated heterocycles. The fourth-order valence-electron chi connectivity index (χ4n) is 3.09. The predicted molar refractivity (Wildman–Crippen MR) is 129 cm³/mol. The number of esters is 1. The Kier molecular flexibility index (Phi) is 6.35. The average Bonchev–Trinajstić information content (AvgIpc) is 3.28. The summed E-state index contributed by atoms with van der Waals surface area (Å²) in [6, 6.07) is 13.0. The highest BCUT2D eigenvalue weighted by Crippen LogP contribution is 2.32. The highest BCUT2D eigenvalue weighted by atomic mass is 32.2. The predicted octanol–water partition coefficient (Wildman–Crippen LogP) is 2.93. The molecule has 10 nitrogen and oxygen atoms in total. The monoisotopic (exact) mass is 498 g/mol. The van der Waals surface area contributed by atoms with Gasteiger partial charge >= 0.3 is 5.97 Å². The molecule has 2 aromatic carbocycles. The van der Waals surface area contributed by atoms with Crippen LogP contribution in [0.4, 0.5) is 0 Å². The van der Waals surface area contributed by atoms with Crippen LogP contribution in [-0.2, 0) is 14.6 Å². The molecule has 12 heteroatoms. The Labute approximate surface area is 199 Å². The molecule has 174 valence electrons. The minimum atomic E-state index is -3.74. The minimum absolute atomic E-state index is 0.0138. The van der Waals surface area contributed by atoms with E-state index in [1.165, 1.54) is 32.2 Å². The summed E-state index contributed by atoms with van der Waals surface area (Å²) in [7, 11) is -2.34. The Morgan fingerprint density at radius 2 is 1.91 bits per heavy atom. The minimum Gasteiger partial charge on any atom is -0.493 e. The van der Waals surface area contributed by atoms with E-state index in [4.69, 9.17) is 14.9 Å². The van der Waals surface area contributed by atoms with Crippen molar-refractivity contribution < 1.29 is 27.5 Å². The van der Waals surface area contributed by atoms with Crippen molar-refractivity contribution in [3.63, 3.8) is 0 Å². The van der Waals surface area contributed by atoms with Crippen LogP contribution in [0.1, 0.15) is 22.8 Å². The van der Waals surface area contributed by atoms with Gasteiger partial charge in [0.1, 0.15) is 5.84 Å². The van der Waals surface area contributed by atoms with E-state index >= 15 is 0 Å². The summed E-state index contributed by atoms with van der Waals surface area (Å²) in [5.74, 6) is -1.43. The molecule has 2 aliphatic rings. The largest absolute Gasteiger partial charge is 0.493 e. The van der Waals surface area contributed by atoms with E-state index in [0.29, 0.717) is 11.1 Å². The molecule has 0 aliphatic carbocycles. The van der Waals surface area contributed by atoms with Crippen molar-refractivity contribution in [2.75, 3.05) is 12.9 Å². The van der Waals surface area contributed by atoms with Gasteiger partial charge in [-0.15, -0.1) is 0 Å². The molecular formula is C22H18N4O6S2. The van der Waals surface area contributed by atoms with Gasteiger partial charge in [0.2, 0.25) is 20.2 Å². The number of aliphatic imine (C=N–C) groups is 1. The number of carbonyl (C=O) groups is 2. The van der Waals surface area contributed by atoms with Gasteiger partial charge in [0.15, 0.2) is 11.5 Å². The molecule has 2 aromatic rings. The Hall–Kier alpha value is -3.77. The van der Waals surface area contributed by atoms with Crippen LogP contribution in [0.15, 0.2) is 63.5 Å². The first-order valence-electron chi connectivity index (χ1n) is 9.92. The summed E-state index contributed by atoms with van der Waals surface area (Å²) in [5.41, 5.74) is 0.696. The topological polar surface area (TPSA) is 139 Å². The van der Waals surface area contributed by atoms with Crippen LogP contribution < -0.4 is 9.47 Å². The van der Waals surface area contributed by atoms with Gasteiger partial charge in [0.25, 0.3) is 5.91 Å². The number of amidine groups is 3. The molecule has 4 rings (SSSR count). The van der Waals surface area contributed by atoms with E-state index in [-0.39, 0.29) is 39.0 Å². The van der Waals surface area contributed by atoms with E-state index in [9.17, 15) is 18.0 Å². The number of hydrogen-bond acceptors (Lipinski definition) is 9. The molecule has 2 aliphatic heterocycles. The third-order valence-corrected chi connectivity index (χ3v) is 7.27. The number of carbonyl (C=O) groups excluding carboxylic acids is 2. The number of nitrogens with zero attached hydrogens (tertiary/aromatic N) is 3. The number of ether oxygens (including phenoxy) is 2. The van der Waals surface area contributed by atoms with Gasteiger partial charge in [-0.1, -0.05) is 31.2 Å². The molecule has 1 amide bonds. The highest BCUT2D eigenvalue weighted by Gasteiger charge is 2.42. The number of benzene rings is 2. The maximum atomic E-state index is 12.6. The number of sulfone groups is 1. The van der Waals surface area contributed by atoms with Crippen molar-refractivity contribution in [1.82, 2.24) is 4.90 Å². The lowest BCUT2D eigenvalue weighted by molar-refractivity contribution is -0.114. The lowest BCUT2D eigenvalue weighted by Crippen LogP contribution is -2.45. The Bertz CT molecular complexity index is 1400. The Morgan fingerprint density at radius 1 is 1.18 bits per heavy atom. The molecule has 0 fully saturated rings. The number of methoxy groups -OCH3 is 1. The number of rotatable bonds is 5. The third-order valence-electron chi connectivity index (χ3n) is 4.86. The molecule has 0 unspecified atom stereocenters. The van der Waals surface area contributed by atoms with Gasteiger partial charge in [0.05, 0.1) is 35.9 Å². The van der Waals surface area contributed by atoms with Crippen LogP contribution >= 0.6 is 11.9 Å². The zero-order chi connectivity index (χ0) is 24.5. The van der Waals surface area contributed by atoms with E-state index in [1.807, 2.05) is 0 Å². The van der Waals surface area contributed by atoms with E-state index in [0.717, 1.165) is 16.8 Å². The van der Waals surface area contributed by atoms with Gasteiger partial charge in [0, 0.05) is 0 Å². The number of nitrogens with one attached hydrogen (secondary N) is 1. The van der Waals surface area contributed by atoms with Gasteiger partial charge in [-0.3, -0.25) is 10.2 Å². The van der Waals surface area contributed by atoms with Crippen molar-refractivity contribution in [3.05, 3.63) is 65.2 Å². The quantitative estimate of drug-likeness (QED) is 0.287. The van der Waals surface area contributed by atoms with Crippen LogP contribution in [0.3, 0.4) is 0 Å². The smallest absolute Gasteiger partial charge is 0.343 e. The fraction of sp³-hybridized carbons (Fsp3) is 0.136. The van der Waals surface area contributed by atoms with Crippen molar-refractivity contribution in [1.29, 1.82) is 5.41 Å². The van der Waals surface area contributed by atoms with Crippen molar-refractivity contribution >= 4 is 55.9 Å². The van der Waals surface area contributed by atoms with Crippen LogP contribution in [-0.4, -0.2) is 54.2 Å². The number of amides is 1. The fourth-order valence-corrected chi connectivity index (χ4v) is 5.05. The number of fused-ring (bicyclic) bond motifs is 1. The van der Waals surface area contributed by atoms with Crippen LogP contribution in [0.5, 0.6) is 11.5 Å². The molecule has 0 bridgehead atoms. The highest BCUT2D eigenvalue weighted by molar-refractivity contribution is 8.16. The normalized spacial score (nSPS) is 16.8. The summed E-state index contributed by atoms with van der Waals surface area (Å²) in [4.78, 5) is 29.9. The second-order valence-electron chi connectivity index (χ2n) is 6.98. The maximum Gasteiger partial charge on any atom is 0.343 e. The molecule has 34 heavy (non-hydrogen) atoms. The molecule has 0 saturated carbocycles. The summed E-state index contributed by atoms with van der Waals surface area (Å²) in [5, 5.41) is 8.15. The van der Waals surface area contributed by atoms with Crippen LogP contribution in [0, 0.1) is 5.41 Å². The van der Waals surface area contributed by atoms with Crippen molar-refractivity contribution in [3.8, 4) is 11.5 Å². The second-order valence-corrected chi connectivity index (χ2v) is 9.88. The standard InChI is InChI=1S/C22H18N4O6S2/c1-3-34(29,30)22-25-33-21-24-19(27)15(18(23)26(21)22)11-13-9-10-16(17(12-13)31-2)32-20(28)14-7-5-4-6-8-14/h4-12,23H,3H2,1-2H3/b15-11-,23-18?. The lowest BCUT2D eigenvalue weighted by Gasteiger charge is -2.24. The summed E-state index contributed by atoms with van der Waals surface area (Å²) in [6.07, 6.45) is 1.38.